The van der Waals surface area contributed by atoms with Gasteiger partial charge in [-0.05, 0) is 61.1 Å². The van der Waals surface area contributed by atoms with Crippen LogP contribution < -0.4 is 10.6 Å². The van der Waals surface area contributed by atoms with Crippen LogP contribution in [0.2, 0.25) is 0 Å². The number of aryl methyl sites for hydroxylation is 2. The molecule has 2 N–H and O–H groups in total. The molecule has 0 radical (unpaired) electrons. The zero-order chi connectivity index (χ0) is 17.2. The Labute approximate surface area is 163 Å². The highest BCUT2D eigenvalue weighted by Gasteiger charge is 2.06. The van der Waals surface area contributed by atoms with Crippen molar-refractivity contribution in [2.75, 3.05) is 26.7 Å². The third kappa shape index (κ3) is 8.86. The fourth-order valence-corrected chi connectivity index (χ4v) is 2.05. The van der Waals surface area contributed by atoms with Crippen LogP contribution in [0.15, 0.2) is 9.41 Å². The number of nitrogens with one attached hydrogen (secondary N) is 2. The van der Waals surface area contributed by atoms with Gasteiger partial charge in [0.05, 0.1) is 5.69 Å². The molecule has 0 saturated heterocycles. The molecule has 1 heterocycles. The molecule has 0 fully saturated rings. The van der Waals surface area contributed by atoms with Crippen molar-refractivity contribution in [1.82, 2.24) is 20.5 Å². The number of aliphatic imine (C=N–C) groups is 1. The van der Waals surface area contributed by atoms with E-state index in [4.69, 9.17) is 4.42 Å². The summed E-state index contributed by atoms with van der Waals surface area (Å²) in [5.41, 5.74) is 0.933. The van der Waals surface area contributed by atoms with E-state index in [-0.39, 0.29) is 24.0 Å². The summed E-state index contributed by atoms with van der Waals surface area (Å²) in [7, 11) is 2.17. The highest BCUT2D eigenvalue weighted by Crippen LogP contribution is 2.08. The van der Waals surface area contributed by atoms with Crippen molar-refractivity contribution in [2.24, 2.45) is 4.99 Å². The summed E-state index contributed by atoms with van der Waals surface area (Å²) in [6, 6.07) is 0.606. The van der Waals surface area contributed by atoms with Crippen molar-refractivity contribution >= 4 is 29.9 Å². The fourth-order valence-electron chi connectivity index (χ4n) is 2.05. The van der Waals surface area contributed by atoms with E-state index < -0.39 is 0 Å². The standard InChI is InChI=1S/C17H33N5O.HI/c1-7-18-17(19-10-8-9-11-22(6)13(2)3)20-12-16-21-14(4)15(5)23-16;/h13H,7-12H2,1-6H3,(H2,18,19,20);1H. The molecule has 0 spiro atoms. The Morgan fingerprint density at radius 1 is 1.25 bits per heavy atom. The lowest BCUT2D eigenvalue weighted by Gasteiger charge is -2.20. The minimum absolute atomic E-state index is 0. The second-order valence-corrected chi connectivity index (χ2v) is 6.15. The van der Waals surface area contributed by atoms with Gasteiger partial charge in [0.25, 0.3) is 0 Å². The summed E-state index contributed by atoms with van der Waals surface area (Å²) in [4.78, 5) is 11.2. The first-order valence-corrected chi connectivity index (χ1v) is 8.59. The zero-order valence-corrected chi connectivity index (χ0v) is 18.3. The molecule has 140 valence electrons. The Bertz CT molecular complexity index is 468. The van der Waals surface area contributed by atoms with Crippen LogP contribution in [0.1, 0.15) is 51.0 Å². The number of rotatable bonds is 9. The van der Waals surface area contributed by atoms with Gasteiger partial charge in [0.15, 0.2) is 5.96 Å². The van der Waals surface area contributed by atoms with E-state index in [9.17, 15) is 0 Å². The number of halogens is 1. The van der Waals surface area contributed by atoms with Crippen molar-refractivity contribution in [3.8, 4) is 0 Å². The Morgan fingerprint density at radius 2 is 1.96 bits per heavy atom. The smallest absolute Gasteiger partial charge is 0.216 e. The minimum atomic E-state index is 0. The minimum Gasteiger partial charge on any atom is -0.444 e. The van der Waals surface area contributed by atoms with Crippen molar-refractivity contribution in [3.05, 3.63) is 17.3 Å². The predicted molar refractivity (Wildman–Crippen MR) is 111 cm³/mol. The molecule has 24 heavy (non-hydrogen) atoms. The molecule has 1 aromatic rings. The van der Waals surface area contributed by atoms with E-state index in [1.54, 1.807) is 0 Å². The maximum atomic E-state index is 5.56. The van der Waals surface area contributed by atoms with E-state index in [1.165, 1.54) is 6.42 Å². The third-order valence-corrected chi connectivity index (χ3v) is 3.90. The lowest BCUT2D eigenvalue weighted by atomic mass is 10.2. The highest BCUT2D eigenvalue weighted by atomic mass is 127. The third-order valence-electron chi connectivity index (χ3n) is 3.90. The van der Waals surface area contributed by atoms with Crippen LogP contribution >= 0.6 is 24.0 Å². The number of hydrogen-bond acceptors (Lipinski definition) is 4. The summed E-state index contributed by atoms with van der Waals surface area (Å²) in [5.74, 6) is 2.34. The summed E-state index contributed by atoms with van der Waals surface area (Å²) in [6.45, 7) is 13.7. The molecule has 0 aliphatic carbocycles. The quantitative estimate of drug-likeness (QED) is 0.262. The Hall–Kier alpha value is -0.830. The summed E-state index contributed by atoms with van der Waals surface area (Å²) < 4.78 is 5.56. The first-order chi connectivity index (χ1) is 10.9. The molecule has 0 saturated carbocycles. The number of guanidine groups is 1. The lowest BCUT2D eigenvalue weighted by molar-refractivity contribution is 0.268. The number of aromatic nitrogens is 1. The van der Waals surface area contributed by atoms with Gasteiger partial charge in [-0.3, -0.25) is 0 Å². The SMILES string of the molecule is CCNC(=NCc1nc(C)c(C)o1)NCCCCN(C)C(C)C.I. The molecular formula is C17H34IN5O. The molecule has 0 aromatic carbocycles. The Morgan fingerprint density at radius 3 is 2.50 bits per heavy atom. The van der Waals surface area contributed by atoms with E-state index in [0.717, 1.165) is 43.5 Å². The number of unbranched alkanes of at least 4 members (excludes halogenated alkanes) is 1. The normalized spacial score (nSPS) is 11.8. The molecule has 0 atom stereocenters. The average molecular weight is 451 g/mol. The van der Waals surface area contributed by atoms with Gasteiger partial charge in [-0.1, -0.05) is 0 Å². The van der Waals surface area contributed by atoms with E-state index in [1.807, 2.05) is 13.8 Å². The van der Waals surface area contributed by atoms with Crippen LogP contribution in [0.4, 0.5) is 0 Å². The zero-order valence-electron chi connectivity index (χ0n) is 16.0. The monoisotopic (exact) mass is 451 g/mol. The van der Waals surface area contributed by atoms with Crippen molar-refractivity contribution in [2.45, 2.75) is 60.0 Å². The topological polar surface area (TPSA) is 65.7 Å². The fraction of sp³-hybridized carbons (Fsp3) is 0.765. The summed E-state index contributed by atoms with van der Waals surface area (Å²) in [6.07, 6.45) is 2.30. The Kier molecular flexibility index (Phi) is 12.1. The average Bonchev–Trinajstić information content (AvgIpc) is 2.82. The molecular weight excluding hydrogens is 417 g/mol. The maximum absolute atomic E-state index is 5.56. The van der Waals surface area contributed by atoms with Gasteiger partial charge in [0.1, 0.15) is 12.3 Å². The second kappa shape index (κ2) is 12.5. The van der Waals surface area contributed by atoms with Crippen LogP contribution in [-0.4, -0.2) is 48.6 Å². The largest absolute Gasteiger partial charge is 0.444 e. The van der Waals surface area contributed by atoms with Gasteiger partial charge >= 0.3 is 0 Å². The second-order valence-electron chi connectivity index (χ2n) is 6.15. The van der Waals surface area contributed by atoms with Gasteiger partial charge < -0.3 is 20.0 Å². The molecule has 0 bridgehead atoms. The molecule has 0 aliphatic heterocycles. The molecule has 0 unspecified atom stereocenters. The van der Waals surface area contributed by atoms with Crippen LogP contribution in [0.25, 0.3) is 0 Å². The molecule has 0 amide bonds. The predicted octanol–water partition coefficient (Wildman–Crippen LogP) is 3.08. The van der Waals surface area contributed by atoms with Gasteiger partial charge in [0, 0.05) is 19.1 Å². The Balaban J connectivity index is 0.00000529. The highest BCUT2D eigenvalue weighted by molar-refractivity contribution is 14.0. The van der Waals surface area contributed by atoms with Crippen molar-refractivity contribution in [3.63, 3.8) is 0 Å². The maximum Gasteiger partial charge on any atom is 0.216 e. The van der Waals surface area contributed by atoms with Gasteiger partial charge in [-0.2, -0.15) is 0 Å². The summed E-state index contributed by atoms with van der Waals surface area (Å²) >= 11 is 0. The lowest BCUT2D eigenvalue weighted by Crippen LogP contribution is -2.38. The van der Waals surface area contributed by atoms with Gasteiger partial charge in [-0.15, -0.1) is 24.0 Å². The van der Waals surface area contributed by atoms with E-state index in [2.05, 4.69) is 53.3 Å². The molecule has 0 aliphatic rings. The van der Waals surface area contributed by atoms with Crippen molar-refractivity contribution in [1.29, 1.82) is 0 Å². The van der Waals surface area contributed by atoms with Crippen LogP contribution in [0, 0.1) is 13.8 Å². The first-order valence-electron chi connectivity index (χ1n) is 8.59. The molecule has 7 heteroatoms. The molecule has 1 rings (SSSR count). The van der Waals surface area contributed by atoms with Crippen molar-refractivity contribution < 1.29 is 4.42 Å². The van der Waals surface area contributed by atoms with Gasteiger partial charge in [-0.25, -0.2) is 9.98 Å². The summed E-state index contributed by atoms with van der Waals surface area (Å²) in [5, 5.41) is 6.62. The van der Waals surface area contributed by atoms with Crippen LogP contribution in [0.5, 0.6) is 0 Å². The van der Waals surface area contributed by atoms with Gasteiger partial charge in [0.2, 0.25) is 5.89 Å². The molecule has 6 nitrogen and oxygen atoms in total. The van der Waals surface area contributed by atoms with E-state index >= 15 is 0 Å². The van der Waals surface area contributed by atoms with Crippen LogP contribution in [0.3, 0.4) is 0 Å². The van der Waals surface area contributed by atoms with Crippen LogP contribution in [-0.2, 0) is 6.54 Å². The van der Waals surface area contributed by atoms with E-state index in [0.29, 0.717) is 18.5 Å². The number of hydrogen-bond donors (Lipinski definition) is 2. The first kappa shape index (κ1) is 23.2. The number of oxazole rings is 1. The number of nitrogens with zero attached hydrogens (tertiary/aromatic N) is 3. The molecule has 1 aromatic heterocycles.